The monoisotopic (exact) mass is 566 g/mol. The number of esters is 1. The van der Waals surface area contributed by atoms with Crippen LogP contribution >= 0.6 is 0 Å². The molecule has 0 aromatic heterocycles. The molecule has 0 radical (unpaired) electrons. The number of rotatable bonds is 7. The van der Waals surface area contributed by atoms with E-state index in [0.29, 0.717) is 17.7 Å². The summed E-state index contributed by atoms with van der Waals surface area (Å²) >= 11 is 0. The van der Waals surface area contributed by atoms with Gasteiger partial charge in [0.1, 0.15) is 17.1 Å². The number of fused-ring (bicyclic) bond motifs is 1. The minimum atomic E-state index is -1.07. The van der Waals surface area contributed by atoms with E-state index in [1.165, 1.54) is 39.0 Å². The van der Waals surface area contributed by atoms with Gasteiger partial charge in [-0.05, 0) is 114 Å². The van der Waals surface area contributed by atoms with Gasteiger partial charge in [-0.1, -0.05) is 19.1 Å². The molecule has 0 spiro atoms. The van der Waals surface area contributed by atoms with Gasteiger partial charge >= 0.3 is 5.97 Å². The maximum atomic E-state index is 12.7. The van der Waals surface area contributed by atoms with E-state index in [1.807, 2.05) is 52.0 Å². The smallest absolute Gasteiger partial charge is 0.338 e. The summed E-state index contributed by atoms with van der Waals surface area (Å²) in [6, 6.07) is 7.25. The van der Waals surface area contributed by atoms with Crippen molar-refractivity contribution in [2.75, 3.05) is 7.11 Å². The van der Waals surface area contributed by atoms with Gasteiger partial charge in [-0.15, -0.1) is 0 Å². The van der Waals surface area contributed by atoms with Gasteiger partial charge in [-0.25, -0.2) is 4.79 Å². The molecule has 1 heterocycles. The van der Waals surface area contributed by atoms with Gasteiger partial charge in [0.15, 0.2) is 5.78 Å². The summed E-state index contributed by atoms with van der Waals surface area (Å²) in [5.74, 6) is -0.621. The Morgan fingerprint density at radius 3 is 1.93 bits per heavy atom. The Balaban J connectivity index is 0.000000361. The molecule has 3 rings (SSSR count). The third-order valence-corrected chi connectivity index (χ3v) is 7.88. The number of hydrogen-bond acceptors (Lipinski definition) is 7. The molecule has 0 saturated heterocycles. The van der Waals surface area contributed by atoms with E-state index in [9.17, 15) is 24.0 Å². The van der Waals surface area contributed by atoms with Gasteiger partial charge in [-0.2, -0.15) is 0 Å². The zero-order valence-corrected chi connectivity index (χ0v) is 26.5. The first-order valence-electron chi connectivity index (χ1n) is 13.8. The lowest BCUT2D eigenvalue weighted by Crippen LogP contribution is -2.52. The molecule has 8 nitrogen and oxygen atoms in total. The van der Waals surface area contributed by atoms with Crippen LogP contribution in [0.15, 0.2) is 24.3 Å². The molecular formula is C33H46N2O6. The van der Waals surface area contributed by atoms with Crippen LogP contribution in [0.4, 0.5) is 0 Å². The number of nitrogens with two attached hydrogens (primary N) is 1. The maximum Gasteiger partial charge on any atom is 0.338 e. The molecule has 1 aliphatic rings. The number of ketones is 3. The third-order valence-electron chi connectivity index (χ3n) is 7.88. The van der Waals surface area contributed by atoms with Crippen LogP contribution in [0.5, 0.6) is 0 Å². The standard InChI is InChI=1S/C17H21NO3.C12H16O2.C4H9NO/c1-10-6-7-14-15(12(10)3)9-18(16(14)21)17(5,13(4)20)8-11(2)19;1-5-10-9(3)8(2)6-7-11(10)12(13)14-4;1-3(5)4(2)6/h6-7H,8-9H2,1-5H3;6-7H,5H2,1-4H3;3H,5H2,1-2H3. The predicted octanol–water partition coefficient (Wildman–Crippen LogP) is 5.16. The molecule has 2 aromatic carbocycles. The molecule has 224 valence electrons. The average molecular weight is 567 g/mol. The van der Waals surface area contributed by atoms with Gasteiger partial charge in [0.25, 0.3) is 5.91 Å². The van der Waals surface area contributed by atoms with E-state index >= 15 is 0 Å². The van der Waals surface area contributed by atoms with Gasteiger partial charge in [-0.3, -0.25) is 19.2 Å². The fourth-order valence-corrected chi connectivity index (χ4v) is 4.58. The SMILES string of the molecule is CC(=O)C(C)N.CC(=O)CC(C)(C(C)=O)N1Cc2c(ccc(C)c2C)C1=O.CCc1c(C(=O)OC)ccc(C)c1C. The molecule has 8 heteroatoms. The number of carbonyl (C=O) groups excluding carboxylic acids is 5. The highest BCUT2D eigenvalue weighted by atomic mass is 16.5. The normalized spacial score (nSPS) is 14.0. The summed E-state index contributed by atoms with van der Waals surface area (Å²) in [5.41, 5.74) is 12.0. The van der Waals surface area contributed by atoms with Crippen molar-refractivity contribution in [3.8, 4) is 0 Å². The number of aryl methyl sites for hydroxylation is 2. The van der Waals surface area contributed by atoms with Gasteiger partial charge in [0.05, 0.1) is 18.7 Å². The van der Waals surface area contributed by atoms with Gasteiger partial charge < -0.3 is 15.4 Å². The highest BCUT2D eigenvalue weighted by molar-refractivity contribution is 6.04. The van der Waals surface area contributed by atoms with Crippen LogP contribution in [0.1, 0.15) is 102 Å². The third kappa shape index (κ3) is 8.43. The Labute approximate surface area is 244 Å². The van der Waals surface area contributed by atoms with E-state index in [4.69, 9.17) is 10.5 Å². The predicted molar refractivity (Wildman–Crippen MR) is 161 cm³/mol. The topological polar surface area (TPSA) is 124 Å². The summed E-state index contributed by atoms with van der Waals surface area (Å²) in [6.45, 7) is 18.2. The Kier molecular flexibility index (Phi) is 12.8. The molecule has 1 amide bonds. The largest absolute Gasteiger partial charge is 0.465 e. The number of methoxy groups -OCH3 is 1. The minimum Gasteiger partial charge on any atom is -0.465 e. The minimum absolute atomic E-state index is 0.0370. The molecule has 41 heavy (non-hydrogen) atoms. The molecule has 0 bridgehead atoms. The maximum absolute atomic E-state index is 12.7. The van der Waals surface area contributed by atoms with Crippen LogP contribution in [-0.4, -0.2) is 52.8 Å². The molecule has 2 aromatic rings. The summed E-state index contributed by atoms with van der Waals surface area (Å²) in [5, 5.41) is 0. The first-order valence-corrected chi connectivity index (χ1v) is 13.8. The van der Waals surface area contributed by atoms with Crippen LogP contribution in [-0.2, 0) is 32.1 Å². The Bertz CT molecular complexity index is 1330. The quantitative estimate of drug-likeness (QED) is 0.459. The molecule has 1 aliphatic heterocycles. The number of ether oxygens (including phenoxy) is 1. The lowest BCUT2D eigenvalue weighted by Gasteiger charge is -2.36. The molecular weight excluding hydrogens is 520 g/mol. The van der Waals surface area contributed by atoms with Crippen LogP contribution in [0.25, 0.3) is 0 Å². The zero-order chi connectivity index (χ0) is 31.8. The van der Waals surface area contributed by atoms with Crippen LogP contribution in [0, 0.1) is 27.7 Å². The number of benzene rings is 2. The van der Waals surface area contributed by atoms with E-state index in [2.05, 4.69) is 6.92 Å². The number of carbonyl (C=O) groups is 5. The zero-order valence-electron chi connectivity index (χ0n) is 26.5. The highest BCUT2D eigenvalue weighted by Gasteiger charge is 2.45. The van der Waals surface area contributed by atoms with Crippen molar-refractivity contribution in [2.45, 2.75) is 100 Å². The van der Waals surface area contributed by atoms with Crippen molar-refractivity contribution in [3.63, 3.8) is 0 Å². The lowest BCUT2D eigenvalue weighted by atomic mass is 9.89. The van der Waals surface area contributed by atoms with Crippen molar-refractivity contribution in [2.24, 2.45) is 5.73 Å². The first-order chi connectivity index (χ1) is 18.9. The van der Waals surface area contributed by atoms with Crippen molar-refractivity contribution < 1.29 is 28.7 Å². The number of hydrogen-bond donors (Lipinski definition) is 1. The molecule has 2 N–H and O–H groups in total. The molecule has 2 unspecified atom stereocenters. The second-order valence-corrected chi connectivity index (χ2v) is 10.9. The van der Waals surface area contributed by atoms with E-state index in [1.54, 1.807) is 18.7 Å². The Morgan fingerprint density at radius 2 is 1.49 bits per heavy atom. The number of Topliss-reactive ketones (excluding diaryl/α,β-unsaturated/α-hetero) is 3. The summed E-state index contributed by atoms with van der Waals surface area (Å²) in [6.07, 6.45) is 0.915. The highest BCUT2D eigenvalue weighted by Crippen LogP contribution is 2.34. The number of nitrogens with zero attached hydrogens (tertiary/aromatic N) is 1. The molecule has 0 fully saturated rings. The lowest BCUT2D eigenvalue weighted by molar-refractivity contribution is -0.132. The van der Waals surface area contributed by atoms with E-state index in [-0.39, 0.29) is 41.7 Å². The van der Waals surface area contributed by atoms with E-state index < -0.39 is 5.54 Å². The average Bonchev–Trinajstić information content (AvgIpc) is 3.24. The molecule has 2 atom stereocenters. The summed E-state index contributed by atoms with van der Waals surface area (Å²) < 4.78 is 4.73. The van der Waals surface area contributed by atoms with Crippen molar-refractivity contribution in [1.29, 1.82) is 0 Å². The number of amides is 1. The van der Waals surface area contributed by atoms with Crippen LogP contribution < -0.4 is 5.73 Å². The Morgan fingerprint density at radius 1 is 0.976 bits per heavy atom. The van der Waals surface area contributed by atoms with Crippen molar-refractivity contribution >= 4 is 29.2 Å². The van der Waals surface area contributed by atoms with Gasteiger partial charge in [0, 0.05) is 18.5 Å². The van der Waals surface area contributed by atoms with Gasteiger partial charge in [0.2, 0.25) is 0 Å². The van der Waals surface area contributed by atoms with Crippen molar-refractivity contribution in [1.82, 2.24) is 4.90 Å². The fourth-order valence-electron chi connectivity index (χ4n) is 4.58. The molecule has 0 saturated carbocycles. The van der Waals surface area contributed by atoms with E-state index in [0.717, 1.165) is 28.7 Å². The fraction of sp³-hybridized carbons (Fsp3) is 0.485. The first kappa shape index (κ1) is 35.4. The summed E-state index contributed by atoms with van der Waals surface area (Å²) in [7, 11) is 1.41. The second-order valence-electron chi connectivity index (χ2n) is 10.9. The molecule has 0 aliphatic carbocycles. The van der Waals surface area contributed by atoms with Crippen molar-refractivity contribution in [3.05, 3.63) is 68.8 Å². The van der Waals surface area contributed by atoms with Crippen LogP contribution in [0.3, 0.4) is 0 Å². The summed E-state index contributed by atoms with van der Waals surface area (Å²) in [4.78, 5) is 59.3. The Hall–Kier alpha value is -3.65. The van der Waals surface area contributed by atoms with Crippen LogP contribution in [0.2, 0.25) is 0 Å². The second kappa shape index (κ2) is 14.8.